The summed E-state index contributed by atoms with van der Waals surface area (Å²) in [5.74, 6) is 0. The Labute approximate surface area is 115 Å². The Kier molecular flexibility index (Phi) is 4.40. The average Bonchev–Trinajstić information content (AvgIpc) is 2.49. The summed E-state index contributed by atoms with van der Waals surface area (Å²) in [6.45, 7) is 0. The molecule has 0 radical (unpaired) electrons. The molecule has 0 fully saturated rings. The molecule has 0 aromatic heterocycles. The number of benzene rings is 2. The molecule has 19 heavy (non-hydrogen) atoms. The molecule has 0 atom stereocenters. The summed E-state index contributed by atoms with van der Waals surface area (Å²) < 4.78 is 9.62. The molecule has 2 rings (SSSR count). The molecule has 0 saturated carbocycles. The molecular formula is C12H10N6Pb. The van der Waals surface area contributed by atoms with Gasteiger partial charge in [0, 0.05) is 0 Å². The number of hydrogen-bond acceptors (Lipinski definition) is 2. The van der Waals surface area contributed by atoms with Crippen LogP contribution >= 0.6 is 0 Å². The Morgan fingerprint density at radius 2 is 1.05 bits per heavy atom. The number of nitrogens with zero attached hydrogens (tertiary/aromatic N) is 6. The van der Waals surface area contributed by atoms with E-state index in [0.717, 1.165) is 6.25 Å². The van der Waals surface area contributed by atoms with Gasteiger partial charge in [-0.1, -0.05) is 0 Å². The molecule has 6 nitrogen and oxygen atoms in total. The molecule has 0 bridgehead atoms. The maximum absolute atomic E-state index is 8.88. The summed E-state index contributed by atoms with van der Waals surface area (Å²) in [7, 11) is 0. The second-order valence-electron chi connectivity index (χ2n) is 3.78. The zero-order valence-electron chi connectivity index (χ0n) is 9.96. The van der Waals surface area contributed by atoms with Crippen LogP contribution in [-0.4, -0.2) is 21.8 Å². The third kappa shape index (κ3) is 2.71. The van der Waals surface area contributed by atoms with Gasteiger partial charge in [0.25, 0.3) is 0 Å². The van der Waals surface area contributed by atoms with Crippen LogP contribution in [0.4, 0.5) is 0 Å². The van der Waals surface area contributed by atoms with E-state index in [1.807, 2.05) is 60.7 Å². The first kappa shape index (κ1) is 13.4. The standard InChI is InChI=1S/2C6H5.2N3.Pb/c2*1-2-4-6-5-3-1;2*1-3-2;/h2*1-5H;;;/q;;2*-1;+2. The predicted octanol–water partition coefficient (Wildman–Crippen LogP) is 2.86. The number of rotatable bonds is 4. The van der Waals surface area contributed by atoms with Gasteiger partial charge in [0.15, 0.2) is 0 Å². The molecule has 0 N–H and O–H groups in total. The van der Waals surface area contributed by atoms with E-state index in [1.165, 1.54) is 0 Å². The van der Waals surface area contributed by atoms with Crippen LogP contribution in [0.5, 0.6) is 0 Å². The van der Waals surface area contributed by atoms with Crippen LogP contribution < -0.4 is 6.25 Å². The van der Waals surface area contributed by atoms with Gasteiger partial charge in [0.2, 0.25) is 0 Å². The van der Waals surface area contributed by atoms with Gasteiger partial charge >= 0.3 is 115 Å². The van der Waals surface area contributed by atoms with Crippen molar-refractivity contribution in [3.63, 3.8) is 0 Å². The third-order valence-electron chi connectivity index (χ3n) is 2.73. The van der Waals surface area contributed by atoms with Crippen LogP contribution in [0.1, 0.15) is 0 Å². The van der Waals surface area contributed by atoms with Crippen molar-refractivity contribution < 1.29 is 0 Å². The van der Waals surface area contributed by atoms with Crippen molar-refractivity contribution in [1.82, 2.24) is 0 Å². The topological polar surface area (TPSA) is 97.5 Å². The van der Waals surface area contributed by atoms with Gasteiger partial charge in [-0.25, -0.2) is 0 Å². The zero-order chi connectivity index (χ0) is 13.6. The minimum atomic E-state index is -4.17. The van der Waals surface area contributed by atoms with Gasteiger partial charge in [-0.15, -0.1) is 0 Å². The van der Waals surface area contributed by atoms with Crippen LogP contribution in [0.15, 0.2) is 66.5 Å². The van der Waals surface area contributed by atoms with Crippen LogP contribution in [0.2, 0.25) is 0 Å². The second kappa shape index (κ2) is 6.24. The molecule has 92 valence electrons. The van der Waals surface area contributed by atoms with E-state index < -0.39 is 21.8 Å². The molecule has 0 aliphatic carbocycles. The minimum absolute atomic E-state index is 0.844. The van der Waals surface area contributed by atoms with Crippen molar-refractivity contribution in [2.24, 2.45) is 5.85 Å². The van der Waals surface area contributed by atoms with E-state index >= 15 is 0 Å². The Bertz CT molecular complexity index is 585. The van der Waals surface area contributed by atoms with Crippen LogP contribution in [0.3, 0.4) is 0 Å². The average molecular weight is 445 g/mol. The zero-order valence-corrected chi connectivity index (χ0v) is 13.8. The van der Waals surface area contributed by atoms with Crippen molar-refractivity contribution in [3.05, 3.63) is 81.5 Å². The van der Waals surface area contributed by atoms with Crippen LogP contribution in [0.25, 0.3) is 20.9 Å². The Morgan fingerprint density at radius 1 is 0.684 bits per heavy atom. The summed E-state index contributed by atoms with van der Waals surface area (Å²) in [5.41, 5.74) is 17.8. The first-order valence-electron chi connectivity index (χ1n) is 5.57. The van der Waals surface area contributed by atoms with Gasteiger partial charge < -0.3 is 0 Å². The van der Waals surface area contributed by atoms with Crippen molar-refractivity contribution >= 4 is 28.0 Å². The molecule has 0 saturated heterocycles. The predicted molar refractivity (Wildman–Crippen MR) is 76.2 cm³/mol. The fourth-order valence-corrected chi connectivity index (χ4v) is 11.3. The van der Waals surface area contributed by atoms with Gasteiger partial charge in [-0.3, -0.25) is 0 Å². The molecule has 0 aliphatic heterocycles. The molecule has 2 aromatic rings. The molecule has 0 amide bonds. The monoisotopic (exact) mass is 446 g/mol. The van der Waals surface area contributed by atoms with E-state index in [4.69, 9.17) is 11.1 Å². The van der Waals surface area contributed by atoms with Gasteiger partial charge in [-0.2, -0.15) is 0 Å². The summed E-state index contributed by atoms with van der Waals surface area (Å²) >= 11 is -4.17. The van der Waals surface area contributed by atoms with Gasteiger partial charge in [0.05, 0.1) is 0 Å². The quantitative estimate of drug-likeness (QED) is 0.299. The number of azide groups is 1. The van der Waals surface area contributed by atoms with Crippen LogP contribution in [0, 0.1) is 0 Å². The first-order chi connectivity index (χ1) is 9.33. The van der Waals surface area contributed by atoms with Crippen molar-refractivity contribution in [1.29, 1.82) is 0 Å². The SMILES string of the molecule is [N-]=[N+]=[N][Pb]([N]=[N+]=[N-])([c]1ccccc1)[c]1ccccc1. The molecular weight excluding hydrogens is 435 g/mol. The molecule has 2 aromatic carbocycles. The normalized spacial score (nSPS) is 10.1. The molecule has 0 heterocycles. The third-order valence-corrected chi connectivity index (χ3v) is 14.5. The second-order valence-corrected chi connectivity index (χ2v) is 15.1. The van der Waals surface area contributed by atoms with E-state index in [1.54, 1.807) is 0 Å². The van der Waals surface area contributed by atoms with Crippen molar-refractivity contribution in [2.45, 2.75) is 0 Å². The van der Waals surface area contributed by atoms with Crippen LogP contribution in [-0.2, 0) is 0 Å². The first-order valence-corrected chi connectivity index (χ1v) is 12.9. The van der Waals surface area contributed by atoms with E-state index in [0.29, 0.717) is 0 Å². The summed E-state index contributed by atoms with van der Waals surface area (Å²) in [6, 6.07) is 18.6. The number of hydrogen-bond donors (Lipinski definition) is 0. The van der Waals surface area contributed by atoms with E-state index in [-0.39, 0.29) is 0 Å². The van der Waals surface area contributed by atoms with Crippen molar-refractivity contribution in [2.75, 3.05) is 0 Å². The Morgan fingerprint density at radius 3 is 1.37 bits per heavy atom. The molecule has 0 unspecified atom stereocenters. The Hall–Kier alpha value is -2.02. The van der Waals surface area contributed by atoms with E-state index in [2.05, 4.69) is 15.7 Å². The fraction of sp³-hybridized carbons (Fsp3) is 0. The Balaban J connectivity index is 2.75. The van der Waals surface area contributed by atoms with Gasteiger partial charge in [-0.05, 0) is 0 Å². The molecule has 0 aliphatic rings. The molecule has 0 spiro atoms. The molecule has 7 heteroatoms. The summed E-state index contributed by atoms with van der Waals surface area (Å²) in [4.78, 5) is 5.88. The van der Waals surface area contributed by atoms with Gasteiger partial charge in [0.1, 0.15) is 0 Å². The maximum atomic E-state index is 8.88. The summed E-state index contributed by atoms with van der Waals surface area (Å²) in [6.07, 6.45) is 0. The summed E-state index contributed by atoms with van der Waals surface area (Å²) in [5, 5.41) is 0. The van der Waals surface area contributed by atoms with Crippen molar-refractivity contribution in [3.8, 4) is 0 Å². The fourth-order valence-electron chi connectivity index (χ4n) is 1.89. The van der Waals surface area contributed by atoms with E-state index in [9.17, 15) is 0 Å².